The molecule has 1 aliphatic rings. The predicted molar refractivity (Wildman–Crippen MR) is 101 cm³/mol. The van der Waals surface area contributed by atoms with Crippen molar-refractivity contribution in [2.75, 3.05) is 20.1 Å². The monoisotopic (exact) mass is 350 g/mol. The van der Waals surface area contributed by atoms with Gasteiger partial charge >= 0.3 is 0 Å². The van der Waals surface area contributed by atoms with Gasteiger partial charge in [-0.1, -0.05) is 12.1 Å². The molecule has 0 aliphatic carbocycles. The molecule has 1 amide bonds. The summed E-state index contributed by atoms with van der Waals surface area (Å²) in [6.45, 7) is 2.04. The average molecular weight is 350 g/mol. The summed E-state index contributed by atoms with van der Waals surface area (Å²) in [5.74, 6) is 0.333. The predicted octanol–water partition coefficient (Wildman–Crippen LogP) is 2.80. The van der Waals surface area contributed by atoms with Gasteiger partial charge in [-0.3, -0.25) is 4.79 Å². The molecule has 6 nitrogen and oxygen atoms in total. The molecule has 1 unspecified atom stereocenters. The van der Waals surface area contributed by atoms with Crippen molar-refractivity contribution in [2.45, 2.75) is 18.9 Å². The third-order valence-corrected chi connectivity index (χ3v) is 4.86. The van der Waals surface area contributed by atoms with Crippen LogP contribution in [-0.4, -0.2) is 47.0 Å². The zero-order valence-electron chi connectivity index (χ0n) is 14.7. The maximum Gasteiger partial charge on any atom is 0.250 e. The molecule has 134 valence electrons. The lowest BCUT2D eigenvalue weighted by Gasteiger charge is -2.30. The van der Waals surface area contributed by atoms with Crippen molar-refractivity contribution in [3.63, 3.8) is 0 Å². The number of fused-ring (bicyclic) bond motifs is 1. The van der Waals surface area contributed by atoms with Crippen LogP contribution in [0.4, 0.5) is 0 Å². The minimum atomic E-state index is -0.466. The van der Waals surface area contributed by atoms with E-state index in [0.717, 1.165) is 48.2 Å². The fraction of sp³-hybridized carbons (Fsp3) is 0.300. The fourth-order valence-electron chi connectivity index (χ4n) is 3.64. The van der Waals surface area contributed by atoms with E-state index in [1.807, 2.05) is 30.3 Å². The number of carbonyl (C=O) groups is 1. The highest BCUT2D eigenvalue weighted by atomic mass is 16.5. The van der Waals surface area contributed by atoms with Gasteiger partial charge in [0.15, 0.2) is 0 Å². The number of nitrogens with zero attached hydrogens (tertiary/aromatic N) is 2. The molecule has 0 radical (unpaired) electrons. The summed E-state index contributed by atoms with van der Waals surface area (Å²) < 4.78 is 6.18. The second-order valence-corrected chi connectivity index (χ2v) is 6.82. The Hall–Kier alpha value is -2.86. The highest BCUT2D eigenvalue weighted by Crippen LogP contribution is 2.31. The Labute approximate surface area is 152 Å². The van der Waals surface area contributed by atoms with Crippen molar-refractivity contribution in [1.29, 1.82) is 0 Å². The zero-order chi connectivity index (χ0) is 18.1. The largest absolute Gasteiger partial charge is 0.489 e. The number of aromatic amines is 1. The van der Waals surface area contributed by atoms with Crippen LogP contribution in [0.2, 0.25) is 0 Å². The number of nitrogens with two attached hydrogens (primary N) is 1. The minimum Gasteiger partial charge on any atom is -0.489 e. The molecule has 3 heterocycles. The lowest BCUT2D eigenvalue weighted by atomic mass is 9.99. The van der Waals surface area contributed by atoms with Crippen LogP contribution >= 0.6 is 0 Å². The number of rotatable bonds is 4. The molecule has 1 atom stereocenters. The van der Waals surface area contributed by atoms with Crippen LogP contribution < -0.4 is 10.5 Å². The number of hydrogen-bond donors (Lipinski definition) is 2. The lowest BCUT2D eigenvalue weighted by molar-refractivity contribution is 0.100. The first kappa shape index (κ1) is 16.6. The molecule has 6 heteroatoms. The van der Waals surface area contributed by atoms with Gasteiger partial charge in [-0.2, -0.15) is 0 Å². The Morgan fingerprint density at radius 1 is 1.38 bits per heavy atom. The highest BCUT2D eigenvalue weighted by molar-refractivity contribution is 6.10. The Balaban J connectivity index is 1.69. The van der Waals surface area contributed by atoms with Gasteiger partial charge in [0.2, 0.25) is 5.91 Å². The van der Waals surface area contributed by atoms with Gasteiger partial charge in [0.1, 0.15) is 17.5 Å². The van der Waals surface area contributed by atoms with Crippen LogP contribution in [0.3, 0.4) is 0 Å². The molecule has 0 saturated carbocycles. The molecule has 4 rings (SSSR count). The number of hydrogen-bond acceptors (Lipinski definition) is 4. The number of aromatic nitrogens is 2. The first-order chi connectivity index (χ1) is 12.6. The summed E-state index contributed by atoms with van der Waals surface area (Å²) in [4.78, 5) is 21.8. The number of likely N-dealkylation sites (tertiary alicyclic amines) is 1. The molecule has 1 aromatic carbocycles. The van der Waals surface area contributed by atoms with Crippen LogP contribution in [0.1, 0.15) is 23.2 Å². The van der Waals surface area contributed by atoms with Gasteiger partial charge in [-0.15, -0.1) is 0 Å². The molecule has 3 aromatic rings. The van der Waals surface area contributed by atoms with Gasteiger partial charge < -0.3 is 20.4 Å². The summed E-state index contributed by atoms with van der Waals surface area (Å²) in [6.07, 6.45) is 5.82. The smallest absolute Gasteiger partial charge is 0.250 e. The van der Waals surface area contributed by atoms with E-state index < -0.39 is 5.91 Å². The van der Waals surface area contributed by atoms with E-state index in [9.17, 15) is 4.79 Å². The zero-order valence-corrected chi connectivity index (χ0v) is 14.7. The van der Waals surface area contributed by atoms with Gasteiger partial charge in [-0.25, -0.2) is 4.98 Å². The van der Waals surface area contributed by atoms with Crippen molar-refractivity contribution in [1.82, 2.24) is 14.9 Å². The number of likely N-dealkylation sites (N-methyl/N-ethyl adjacent to an activating group) is 1. The summed E-state index contributed by atoms with van der Waals surface area (Å²) >= 11 is 0. The summed E-state index contributed by atoms with van der Waals surface area (Å²) in [6, 6.07) is 9.61. The van der Waals surface area contributed by atoms with Crippen molar-refractivity contribution in [2.24, 2.45) is 5.73 Å². The number of ether oxygens (including phenoxy) is 1. The molecule has 2 aromatic heterocycles. The molecule has 0 spiro atoms. The van der Waals surface area contributed by atoms with Gasteiger partial charge in [0.05, 0.1) is 5.56 Å². The Morgan fingerprint density at radius 3 is 3.08 bits per heavy atom. The van der Waals surface area contributed by atoms with E-state index in [-0.39, 0.29) is 6.10 Å². The second kappa shape index (κ2) is 6.80. The second-order valence-electron chi connectivity index (χ2n) is 6.82. The molecule has 26 heavy (non-hydrogen) atoms. The number of carbonyl (C=O) groups excluding carboxylic acids is 1. The molecule has 3 N–H and O–H groups in total. The van der Waals surface area contributed by atoms with Gasteiger partial charge in [-0.05, 0) is 50.2 Å². The van der Waals surface area contributed by atoms with E-state index >= 15 is 0 Å². The summed E-state index contributed by atoms with van der Waals surface area (Å²) in [5, 5.41) is 0.732. The standard InChI is InChI=1S/C20H22N4O2/c1-24-9-3-6-15(12-24)26-14-5-2-4-13(10-14)17-11-23-20-16(7-8-22-20)18(17)19(21)25/h2,4-5,7-8,10-11,15H,3,6,9,12H2,1H3,(H2,21,25)(H,22,23). The number of benzene rings is 1. The first-order valence-electron chi connectivity index (χ1n) is 8.83. The number of pyridine rings is 1. The van der Waals surface area contributed by atoms with Gasteiger partial charge in [0.25, 0.3) is 0 Å². The molecule has 1 saturated heterocycles. The third-order valence-electron chi connectivity index (χ3n) is 4.86. The van der Waals surface area contributed by atoms with Crippen LogP contribution in [0.15, 0.2) is 42.7 Å². The maximum atomic E-state index is 12.1. The fourth-order valence-corrected chi connectivity index (χ4v) is 3.64. The summed E-state index contributed by atoms with van der Waals surface area (Å²) in [5.41, 5.74) is 8.38. The van der Waals surface area contributed by atoms with Crippen LogP contribution in [0.25, 0.3) is 22.2 Å². The highest BCUT2D eigenvalue weighted by Gasteiger charge is 2.20. The number of nitrogens with one attached hydrogen (secondary N) is 1. The van der Waals surface area contributed by atoms with Crippen molar-refractivity contribution < 1.29 is 9.53 Å². The summed E-state index contributed by atoms with van der Waals surface area (Å²) in [7, 11) is 2.11. The molecular weight excluding hydrogens is 328 g/mol. The third kappa shape index (κ3) is 3.15. The molecule has 1 aliphatic heterocycles. The Morgan fingerprint density at radius 2 is 2.27 bits per heavy atom. The minimum absolute atomic E-state index is 0.185. The van der Waals surface area contributed by atoms with Crippen LogP contribution in [0, 0.1) is 0 Å². The van der Waals surface area contributed by atoms with Crippen LogP contribution in [-0.2, 0) is 0 Å². The van der Waals surface area contributed by atoms with Crippen molar-refractivity contribution in [3.8, 4) is 16.9 Å². The number of piperidine rings is 1. The Kier molecular flexibility index (Phi) is 4.34. The quantitative estimate of drug-likeness (QED) is 0.758. The number of H-pyrrole nitrogens is 1. The average Bonchev–Trinajstić information content (AvgIpc) is 3.09. The van der Waals surface area contributed by atoms with Crippen molar-refractivity contribution >= 4 is 16.9 Å². The molecule has 1 fully saturated rings. The van der Waals surface area contributed by atoms with E-state index in [1.54, 1.807) is 12.4 Å². The normalized spacial score (nSPS) is 18.1. The van der Waals surface area contributed by atoms with Gasteiger partial charge in [0, 0.05) is 29.9 Å². The topological polar surface area (TPSA) is 84.2 Å². The van der Waals surface area contributed by atoms with E-state index in [4.69, 9.17) is 10.5 Å². The van der Waals surface area contributed by atoms with E-state index in [2.05, 4.69) is 21.9 Å². The SMILES string of the molecule is CN1CCCC(Oc2cccc(-c3cnc4[nH]ccc4c3C(N)=O)c2)C1. The first-order valence-corrected chi connectivity index (χ1v) is 8.83. The lowest BCUT2D eigenvalue weighted by Crippen LogP contribution is -2.38. The van der Waals surface area contributed by atoms with Crippen molar-refractivity contribution in [3.05, 3.63) is 48.3 Å². The maximum absolute atomic E-state index is 12.1. The van der Waals surface area contributed by atoms with E-state index in [0.29, 0.717) is 11.2 Å². The van der Waals surface area contributed by atoms with Crippen LogP contribution in [0.5, 0.6) is 5.75 Å². The number of primary amides is 1. The number of amides is 1. The molecule has 0 bridgehead atoms. The Bertz CT molecular complexity index is 950. The van der Waals surface area contributed by atoms with E-state index in [1.165, 1.54) is 0 Å². The molecular formula is C20H22N4O2.